The monoisotopic (exact) mass is 497 g/mol. The number of ether oxygens (including phenoxy) is 1. The van der Waals surface area contributed by atoms with E-state index in [2.05, 4.69) is 0 Å². The van der Waals surface area contributed by atoms with Crippen LogP contribution in [0, 0.1) is 6.92 Å². The second-order valence-electron chi connectivity index (χ2n) is 7.93. The Labute approximate surface area is 201 Å². The summed E-state index contributed by atoms with van der Waals surface area (Å²) in [6, 6.07) is 15.5. The molecule has 1 saturated heterocycles. The van der Waals surface area contributed by atoms with Crippen molar-refractivity contribution >= 4 is 42.6 Å². The van der Waals surface area contributed by atoms with E-state index in [1.807, 2.05) is 25.1 Å². The molecule has 34 heavy (non-hydrogen) atoms. The van der Waals surface area contributed by atoms with Gasteiger partial charge < -0.3 is 9.15 Å². The van der Waals surface area contributed by atoms with Crippen LogP contribution >= 0.6 is 11.3 Å². The predicted molar refractivity (Wildman–Crippen MR) is 130 cm³/mol. The number of furan rings is 1. The highest BCUT2D eigenvalue weighted by atomic mass is 32.2. The maximum absolute atomic E-state index is 13.6. The van der Waals surface area contributed by atoms with E-state index in [1.165, 1.54) is 27.8 Å². The minimum absolute atomic E-state index is 0.152. The third-order valence-electron chi connectivity index (χ3n) is 5.69. The Balaban J connectivity index is 1.46. The van der Waals surface area contributed by atoms with Gasteiger partial charge in [0, 0.05) is 18.7 Å². The van der Waals surface area contributed by atoms with Gasteiger partial charge in [0.1, 0.15) is 5.76 Å². The van der Waals surface area contributed by atoms with Crippen LogP contribution in [0.3, 0.4) is 0 Å². The van der Waals surface area contributed by atoms with E-state index in [4.69, 9.17) is 14.1 Å². The van der Waals surface area contributed by atoms with Crippen molar-refractivity contribution in [3.8, 4) is 0 Å². The molecule has 8 nitrogen and oxygen atoms in total. The number of nitrogens with zero attached hydrogens (tertiary/aromatic N) is 3. The minimum Gasteiger partial charge on any atom is -0.467 e. The maximum Gasteiger partial charge on any atom is 0.260 e. The number of aromatic nitrogens is 1. The van der Waals surface area contributed by atoms with E-state index in [-0.39, 0.29) is 17.3 Å². The van der Waals surface area contributed by atoms with Crippen LogP contribution in [0.15, 0.2) is 70.2 Å². The Morgan fingerprint density at radius 2 is 1.85 bits per heavy atom. The number of rotatable bonds is 6. The molecule has 1 aliphatic rings. The van der Waals surface area contributed by atoms with Crippen molar-refractivity contribution in [2.45, 2.75) is 18.4 Å². The normalized spacial score (nSPS) is 15.0. The van der Waals surface area contributed by atoms with E-state index < -0.39 is 10.0 Å². The lowest BCUT2D eigenvalue weighted by atomic mass is 10.2. The first-order chi connectivity index (χ1) is 16.4. The van der Waals surface area contributed by atoms with Crippen molar-refractivity contribution in [1.29, 1.82) is 0 Å². The molecule has 5 rings (SSSR count). The number of carbonyl (C=O) groups is 1. The number of hydrogen-bond donors (Lipinski definition) is 0. The maximum atomic E-state index is 13.6. The zero-order valence-electron chi connectivity index (χ0n) is 18.5. The van der Waals surface area contributed by atoms with Crippen LogP contribution in [0.2, 0.25) is 0 Å². The fourth-order valence-corrected chi connectivity index (χ4v) is 6.29. The Bertz CT molecular complexity index is 1410. The lowest BCUT2D eigenvalue weighted by Gasteiger charge is -2.26. The summed E-state index contributed by atoms with van der Waals surface area (Å²) in [6.45, 7) is 3.57. The molecule has 1 aliphatic heterocycles. The molecule has 10 heteroatoms. The molecule has 0 spiro atoms. The van der Waals surface area contributed by atoms with Gasteiger partial charge in [-0.2, -0.15) is 4.31 Å². The summed E-state index contributed by atoms with van der Waals surface area (Å²) in [6.07, 6.45) is 1.56. The summed E-state index contributed by atoms with van der Waals surface area (Å²) in [4.78, 5) is 20.0. The molecule has 2 aromatic heterocycles. The first-order valence-electron chi connectivity index (χ1n) is 10.8. The first-order valence-corrected chi connectivity index (χ1v) is 13.1. The van der Waals surface area contributed by atoms with E-state index in [0.29, 0.717) is 42.8 Å². The summed E-state index contributed by atoms with van der Waals surface area (Å²) in [7, 11) is -3.64. The number of sulfonamides is 1. The van der Waals surface area contributed by atoms with Gasteiger partial charge in [0.25, 0.3) is 5.91 Å². The summed E-state index contributed by atoms with van der Waals surface area (Å²) >= 11 is 1.43. The predicted octanol–water partition coefficient (Wildman–Crippen LogP) is 4.07. The quantitative estimate of drug-likeness (QED) is 0.399. The number of morpholine rings is 1. The zero-order chi connectivity index (χ0) is 23.7. The van der Waals surface area contributed by atoms with Gasteiger partial charge in [0.2, 0.25) is 10.0 Å². The van der Waals surface area contributed by atoms with Crippen molar-refractivity contribution in [2.75, 3.05) is 31.2 Å². The fraction of sp³-hybridized carbons (Fsp3) is 0.250. The molecule has 3 heterocycles. The van der Waals surface area contributed by atoms with Gasteiger partial charge in [-0.15, -0.1) is 0 Å². The number of amides is 1. The molecule has 4 aromatic rings. The molecule has 0 bridgehead atoms. The van der Waals surface area contributed by atoms with E-state index >= 15 is 0 Å². The van der Waals surface area contributed by atoms with Crippen LogP contribution in [0.1, 0.15) is 21.7 Å². The molecule has 1 fully saturated rings. The topological polar surface area (TPSA) is 93.0 Å². The molecule has 176 valence electrons. The summed E-state index contributed by atoms with van der Waals surface area (Å²) in [5.41, 5.74) is 2.25. The van der Waals surface area contributed by atoms with Gasteiger partial charge in [0.05, 0.1) is 41.1 Å². The Hall–Kier alpha value is -3.05. The second-order valence-corrected chi connectivity index (χ2v) is 10.9. The molecule has 0 radical (unpaired) electrons. The van der Waals surface area contributed by atoms with Gasteiger partial charge in [-0.05, 0) is 55.0 Å². The van der Waals surface area contributed by atoms with E-state index in [0.717, 1.165) is 15.8 Å². The van der Waals surface area contributed by atoms with E-state index in [1.54, 1.807) is 35.4 Å². The largest absolute Gasteiger partial charge is 0.467 e. The lowest BCUT2D eigenvalue weighted by molar-refractivity contribution is 0.0730. The van der Waals surface area contributed by atoms with Gasteiger partial charge in [-0.3, -0.25) is 9.69 Å². The standard InChI is InChI=1S/C24H23N3O5S2/c1-17-4-2-6-21-22(17)25-24(33-21)27(16-19-5-3-13-32-19)23(28)18-7-9-20(10-8-18)34(29,30)26-11-14-31-15-12-26/h2-10,13H,11-12,14-16H2,1H3. The molecule has 2 aromatic carbocycles. The number of carbonyl (C=O) groups excluding carboxylic acids is 1. The molecule has 1 amide bonds. The number of benzene rings is 2. The molecule has 0 saturated carbocycles. The summed E-state index contributed by atoms with van der Waals surface area (Å²) < 4.78 is 39.0. The molecular weight excluding hydrogens is 474 g/mol. The first kappa shape index (κ1) is 22.7. The van der Waals surface area contributed by atoms with Crippen molar-refractivity contribution in [1.82, 2.24) is 9.29 Å². The van der Waals surface area contributed by atoms with Crippen LogP contribution < -0.4 is 4.90 Å². The number of hydrogen-bond acceptors (Lipinski definition) is 7. The van der Waals surface area contributed by atoms with Gasteiger partial charge in [-0.1, -0.05) is 23.5 Å². The van der Waals surface area contributed by atoms with Crippen molar-refractivity contribution in [2.24, 2.45) is 0 Å². The average molecular weight is 498 g/mol. The van der Waals surface area contributed by atoms with Crippen molar-refractivity contribution < 1.29 is 22.4 Å². The number of anilines is 1. The third kappa shape index (κ3) is 4.37. The number of thiazole rings is 1. The number of para-hydroxylation sites is 1. The highest BCUT2D eigenvalue weighted by molar-refractivity contribution is 7.89. The van der Waals surface area contributed by atoms with Crippen LogP contribution in [0.5, 0.6) is 0 Å². The number of aryl methyl sites for hydroxylation is 1. The highest BCUT2D eigenvalue weighted by Crippen LogP contribution is 2.32. The van der Waals surface area contributed by atoms with E-state index in [9.17, 15) is 13.2 Å². The summed E-state index contributed by atoms with van der Waals surface area (Å²) in [5.74, 6) is 0.333. The fourth-order valence-electron chi connectivity index (χ4n) is 3.84. The smallest absolute Gasteiger partial charge is 0.260 e. The lowest BCUT2D eigenvalue weighted by Crippen LogP contribution is -2.40. The molecule has 0 unspecified atom stereocenters. The molecular formula is C24H23N3O5S2. The molecule has 0 N–H and O–H groups in total. The van der Waals surface area contributed by atoms with Crippen molar-refractivity contribution in [3.05, 3.63) is 77.7 Å². The zero-order valence-corrected chi connectivity index (χ0v) is 20.1. The third-order valence-corrected chi connectivity index (χ3v) is 8.65. The SMILES string of the molecule is Cc1cccc2sc(N(Cc3ccco3)C(=O)c3ccc(S(=O)(=O)N4CCOCC4)cc3)nc12. The number of fused-ring (bicyclic) bond motifs is 1. The molecule has 0 atom stereocenters. The van der Waals surface area contributed by atoms with Crippen LogP contribution in [-0.4, -0.2) is 49.9 Å². The van der Waals surface area contributed by atoms with Gasteiger partial charge >= 0.3 is 0 Å². The van der Waals surface area contributed by atoms with Gasteiger partial charge in [0.15, 0.2) is 5.13 Å². The Morgan fingerprint density at radius 1 is 1.09 bits per heavy atom. The second kappa shape index (κ2) is 9.30. The average Bonchev–Trinajstić information content (AvgIpc) is 3.53. The Morgan fingerprint density at radius 3 is 2.53 bits per heavy atom. The Kier molecular flexibility index (Phi) is 6.22. The van der Waals surface area contributed by atoms with Gasteiger partial charge in [-0.25, -0.2) is 13.4 Å². The highest BCUT2D eigenvalue weighted by Gasteiger charge is 2.28. The van der Waals surface area contributed by atoms with Crippen LogP contribution in [0.4, 0.5) is 5.13 Å². The summed E-state index contributed by atoms with van der Waals surface area (Å²) in [5, 5.41) is 0.552. The van der Waals surface area contributed by atoms with Crippen LogP contribution in [-0.2, 0) is 21.3 Å². The minimum atomic E-state index is -3.64. The molecule has 0 aliphatic carbocycles. The van der Waals surface area contributed by atoms with Crippen LogP contribution in [0.25, 0.3) is 10.2 Å². The van der Waals surface area contributed by atoms with Crippen molar-refractivity contribution in [3.63, 3.8) is 0 Å².